The third kappa shape index (κ3) is 2450. The van der Waals surface area contributed by atoms with Crippen molar-refractivity contribution in [2.75, 3.05) is 0 Å². The molecule has 0 aliphatic rings. The van der Waals surface area contributed by atoms with Gasteiger partial charge >= 0.3 is 15.2 Å². The summed E-state index contributed by atoms with van der Waals surface area (Å²) in [7, 11) is 0. The SMILES string of the molecule is C.C.C.C.C.C.C.C.C.C.C.C.C.C.CC.N#N.N#N.N#N.N=O.N=O.N=O.N=O.NN=O.O=O.O=O.O=[N+](O)O.O=[N+]=O.O=[N+]=O.[N-]=N.[N-]=N.[N-]=[N+]=[N-].[NH2+]=O.[V].[V].[V]. The number of hydrogen-bond donors (Lipinski definition) is 10. The Hall–Kier alpha value is -7.06. The summed E-state index contributed by atoms with van der Waals surface area (Å²) in [5.41, 5.74) is 56.8. The van der Waals surface area contributed by atoms with E-state index in [0.717, 1.165) is 10.1 Å². The normalized spacial score (nSPS) is 1.83. The van der Waals surface area contributed by atoms with Crippen LogP contribution < -0.4 is 21.5 Å². The van der Waals surface area contributed by atoms with Gasteiger partial charge in [0.25, 0.3) is 0 Å². The molecule has 0 fully saturated rings. The zero-order valence-electron chi connectivity index (χ0n) is 21.2. The van der Waals surface area contributed by atoms with Crippen molar-refractivity contribution in [1.82, 2.24) is 10.1 Å². The number of hydrogen-bond acceptors (Lipinski definition) is 28. The van der Waals surface area contributed by atoms with E-state index in [1.165, 1.54) is 4.91 Å². The number of nitrogens with zero attached hydrogens (tertiary/aromatic N) is 15. The first kappa shape index (κ1) is 470. The molecule has 0 saturated carbocycles. The summed E-state index contributed by atoms with van der Waals surface area (Å²) in [6.07, 6.45) is 0. The molecular formula is C16H74N23O17V3+. The van der Waals surface area contributed by atoms with Crippen LogP contribution in [-0.4, -0.2) is 15.5 Å². The van der Waals surface area contributed by atoms with Crippen LogP contribution in [0.2, 0.25) is 0 Å². The minimum atomic E-state index is -1.25. The topological polar surface area (TPSA) is 781 Å². The van der Waals surface area contributed by atoms with E-state index in [1.54, 1.807) is 5.29 Å². The van der Waals surface area contributed by atoms with Crippen molar-refractivity contribution in [3.63, 3.8) is 0 Å². The third-order valence-electron chi connectivity index (χ3n) is 0. The van der Waals surface area contributed by atoms with Crippen molar-refractivity contribution in [2.24, 2.45) is 11.1 Å². The number of nitroso groups, excluding NO2 is 10. The second-order valence-electron chi connectivity index (χ2n) is 0.597. The molecule has 0 aromatic carbocycles. The van der Waals surface area contributed by atoms with E-state index in [1.807, 2.05) is 13.8 Å². The molecule has 0 rings (SSSR count). The first-order chi connectivity index (χ1) is 20.4. The molecule has 59 heavy (non-hydrogen) atoms. The van der Waals surface area contributed by atoms with Gasteiger partial charge in [-0.2, -0.15) is 19.6 Å². The summed E-state index contributed by atoms with van der Waals surface area (Å²) in [6.45, 7) is 4.00. The molecule has 3 radical (unpaired) electrons. The molecule has 369 valence electrons. The minimum Gasteiger partial charge on any atom is -0.715 e. The van der Waals surface area contributed by atoms with Crippen LogP contribution in [0.1, 0.15) is 118 Å². The quantitative estimate of drug-likeness (QED) is 0.0205. The van der Waals surface area contributed by atoms with Crippen LogP contribution in [0.3, 0.4) is 0 Å². The van der Waals surface area contributed by atoms with Gasteiger partial charge in [-0.1, -0.05) is 140 Å². The van der Waals surface area contributed by atoms with Crippen molar-refractivity contribution in [3.8, 4) is 0 Å². The zero-order valence-corrected chi connectivity index (χ0v) is 25.4. The van der Waals surface area contributed by atoms with Crippen molar-refractivity contribution >= 4 is 0 Å². The molecule has 43 heteroatoms. The van der Waals surface area contributed by atoms with Gasteiger partial charge in [-0.3, -0.25) is 10.8 Å². The van der Waals surface area contributed by atoms with Crippen LogP contribution in [-0.2, 0) is 55.7 Å². The first-order valence-corrected chi connectivity index (χ1v) is 5.59. The maximum absolute atomic E-state index is 8.47. The fourth-order valence-corrected chi connectivity index (χ4v) is 0. The molecule has 0 saturated heterocycles. The van der Waals surface area contributed by atoms with E-state index >= 15 is 0 Å². The molecule has 0 aromatic heterocycles. The molecule has 0 aliphatic heterocycles. The van der Waals surface area contributed by atoms with Gasteiger partial charge in [0.2, 0.25) is 19.6 Å². The van der Waals surface area contributed by atoms with Gasteiger partial charge in [-0.15, -0.1) is 4.91 Å². The van der Waals surface area contributed by atoms with Crippen molar-refractivity contribution in [2.45, 2.75) is 118 Å². The van der Waals surface area contributed by atoms with E-state index in [4.69, 9.17) is 150 Å². The van der Waals surface area contributed by atoms with Gasteiger partial charge in [0, 0.05) is 118 Å². The molecule has 0 heterocycles. The summed E-state index contributed by atoms with van der Waals surface area (Å²) >= 11 is 0. The molecule has 0 aromatic rings. The fourth-order valence-electron chi connectivity index (χ4n) is 0. The zero-order chi connectivity index (χ0) is 40.4. The smallest absolute Gasteiger partial charge is 0.569 e. The molecule has 0 aliphatic carbocycles. The van der Waals surface area contributed by atoms with Gasteiger partial charge < -0.3 is 33.2 Å². The predicted molar refractivity (Wildman–Crippen MR) is 216 cm³/mol. The third-order valence-corrected chi connectivity index (χ3v) is 0. The van der Waals surface area contributed by atoms with E-state index < -0.39 is 5.09 Å². The van der Waals surface area contributed by atoms with Crippen molar-refractivity contribution < 1.29 is 76.8 Å². The Morgan fingerprint density at radius 3 is 0.492 bits per heavy atom. The Morgan fingerprint density at radius 1 is 0.492 bits per heavy atom. The number of rotatable bonds is 0. The number of nitrogens with one attached hydrogen (secondary N) is 6. The maximum Gasteiger partial charge on any atom is 0.569 e. The average Bonchev–Trinajstić information content (AvgIpc) is 3.10. The van der Waals surface area contributed by atoms with E-state index in [9.17, 15) is 0 Å². The Kier molecular flexibility index (Phi) is 314000000. The average molecular weight is 1010 g/mol. The monoisotopic (exact) mass is 1010 g/mol. The Morgan fingerprint density at radius 2 is 0.492 bits per heavy atom. The minimum absolute atomic E-state index is 0. The molecule has 0 bridgehead atoms. The Balaban J connectivity index is -0.00000000309. The molecule has 12 N–H and O–H groups in total. The van der Waals surface area contributed by atoms with Crippen LogP contribution in [0.5, 0.6) is 0 Å². The largest absolute Gasteiger partial charge is 0.715 e. The van der Waals surface area contributed by atoms with Gasteiger partial charge in [-0.05, 0) is 5.59 Å². The summed E-state index contributed by atoms with van der Waals surface area (Å²) in [5, 5.41) is 52.3. The molecule has 0 spiro atoms. The Labute approximate surface area is 381 Å². The van der Waals surface area contributed by atoms with E-state index in [2.05, 4.69) is 33.8 Å². The predicted octanol–water partition coefficient (Wildman–Crippen LogP) is 10.4. The molecule has 40 nitrogen and oxygen atoms in total. The van der Waals surface area contributed by atoms with Gasteiger partial charge in [0.05, 0.1) is 0 Å². The van der Waals surface area contributed by atoms with Gasteiger partial charge in [0.1, 0.15) is 4.91 Å². The summed E-state index contributed by atoms with van der Waals surface area (Å²) in [5.74, 6) is 3.92. The molecule has 0 unspecified atom stereocenters. The van der Waals surface area contributed by atoms with Crippen LogP contribution in [0.15, 0.2) is 5.29 Å². The molecule has 0 amide bonds. The first-order valence-electron chi connectivity index (χ1n) is 5.59. The Bertz CT molecular complexity index is 473. The van der Waals surface area contributed by atoms with Crippen molar-refractivity contribution in [1.29, 1.82) is 65.8 Å². The molecular weight excluding hydrogens is 939 g/mol. The second-order valence-corrected chi connectivity index (χ2v) is 0.597. The van der Waals surface area contributed by atoms with Crippen LogP contribution in [0, 0.1) is 140 Å². The van der Waals surface area contributed by atoms with Crippen LogP contribution in [0.4, 0.5) is 0 Å². The van der Waals surface area contributed by atoms with Crippen LogP contribution >= 0.6 is 0 Å². The van der Waals surface area contributed by atoms with E-state index in [-0.39, 0.29) is 160 Å². The van der Waals surface area contributed by atoms with Crippen molar-refractivity contribution in [3.05, 3.63) is 101 Å². The van der Waals surface area contributed by atoms with E-state index in [0.29, 0.717) is 0 Å². The fraction of sp³-hybridized carbons (Fsp3) is 1.00. The second kappa shape index (κ2) is 39500000. The summed E-state index contributed by atoms with van der Waals surface area (Å²) < 4.78 is 0. The number of nitrogens with two attached hydrogens (primary N) is 2. The summed E-state index contributed by atoms with van der Waals surface area (Å²) in [6, 6.07) is 0. The van der Waals surface area contributed by atoms with Crippen LogP contribution in [0.25, 0.3) is 27.0 Å². The van der Waals surface area contributed by atoms with Gasteiger partial charge in [-0.25, -0.2) is 10.4 Å². The summed E-state index contributed by atoms with van der Waals surface area (Å²) in [4.78, 5) is 116. The molecule has 0 atom stereocenters. The standard InChI is InChI=1S/C2H6.14CH4.N3.H2N2O.2HN2.3N2.H2NO3.2NO2.H2NO.4HNO.2O2.3V/c1-2;;;;;;;;;;;;;;;1-3-2;1-2-3;5*1-2;2-1(3)4;2*2-1-3;7*1-2;;;/h1-2H3;14*1H4;;(H2,1,3);2*1H;;;;(H2,2,3,4);;;1H2;4*1H;;;;;/q;;;;;;;;;;;;;;;-1;;2*-1;;;;4*+1;;;;;;;;;. The van der Waals surface area contributed by atoms with Gasteiger partial charge in [0.15, 0.2) is 0 Å². The maximum atomic E-state index is 8.47.